The van der Waals surface area contributed by atoms with Crippen molar-refractivity contribution in [1.29, 1.82) is 0 Å². The molecule has 3 aromatic rings. The second-order valence-electron chi connectivity index (χ2n) is 7.40. The number of ketones is 2. The fourth-order valence-corrected chi connectivity index (χ4v) is 3.94. The Kier molecular flexibility index (Phi) is 4.23. The molecule has 4 N–H and O–H groups in total. The third kappa shape index (κ3) is 2.81. The molecule has 0 saturated heterocycles. The van der Waals surface area contributed by atoms with E-state index in [0.717, 1.165) is 12.1 Å². The van der Waals surface area contributed by atoms with E-state index in [1.54, 1.807) is 41.3 Å². The van der Waals surface area contributed by atoms with Crippen molar-refractivity contribution in [3.8, 4) is 17.2 Å². The van der Waals surface area contributed by atoms with E-state index in [1.165, 1.54) is 12.1 Å². The summed E-state index contributed by atoms with van der Waals surface area (Å²) in [6, 6.07) is 15.6. The third-order valence-corrected chi connectivity index (χ3v) is 5.50. The first kappa shape index (κ1) is 19.4. The van der Waals surface area contributed by atoms with Crippen LogP contribution in [0.2, 0.25) is 0 Å². The number of carbonyl (C=O) groups excluding carboxylic acids is 3. The van der Waals surface area contributed by atoms with E-state index in [1.807, 2.05) is 0 Å². The van der Waals surface area contributed by atoms with Gasteiger partial charge in [0.1, 0.15) is 22.9 Å². The Morgan fingerprint density at radius 3 is 2.16 bits per heavy atom. The maximum atomic E-state index is 13.6. The number of anilines is 1. The summed E-state index contributed by atoms with van der Waals surface area (Å²) in [5.74, 6) is -2.71. The van der Waals surface area contributed by atoms with E-state index in [2.05, 4.69) is 0 Å². The number of phenolic OH excluding ortho intramolecular Hbond substituents is 2. The van der Waals surface area contributed by atoms with Crippen LogP contribution in [0.3, 0.4) is 0 Å². The molecule has 0 spiro atoms. The van der Waals surface area contributed by atoms with Crippen molar-refractivity contribution in [1.82, 2.24) is 0 Å². The minimum absolute atomic E-state index is 0.0774. The minimum Gasteiger partial charge on any atom is -0.507 e. The van der Waals surface area contributed by atoms with Crippen LogP contribution in [-0.4, -0.2) is 27.7 Å². The first-order valence-electron chi connectivity index (χ1n) is 9.68. The first-order chi connectivity index (χ1) is 15.4. The Hall–Kier alpha value is -4.59. The molecule has 3 aromatic carbocycles. The lowest BCUT2D eigenvalue weighted by atomic mass is 9.89. The molecule has 1 aliphatic carbocycles. The largest absolute Gasteiger partial charge is 0.507 e. The number of primary amides is 1. The Morgan fingerprint density at radius 2 is 1.50 bits per heavy atom. The van der Waals surface area contributed by atoms with E-state index in [9.17, 15) is 24.6 Å². The SMILES string of the molecule is NC(=O)c1ccc(N2Cc3ccccc3OC3=C2C(=O)c2c(O)ccc(O)c2C3=O)cc1. The van der Waals surface area contributed by atoms with Crippen molar-refractivity contribution in [3.05, 3.63) is 94.4 Å². The predicted molar refractivity (Wildman–Crippen MR) is 114 cm³/mol. The highest BCUT2D eigenvalue weighted by Crippen LogP contribution is 2.42. The van der Waals surface area contributed by atoms with Crippen LogP contribution in [0.4, 0.5) is 5.69 Å². The molecule has 0 atom stereocenters. The number of rotatable bonds is 2. The molecule has 2 aliphatic rings. The summed E-state index contributed by atoms with van der Waals surface area (Å²) in [5.41, 5.74) is 6.15. The highest BCUT2D eigenvalue weighted by atomic mass is 16.5. The van der Waals surface area contributed by atoms with Gasteiger partial charge in [0.15, 0.2) is 0 Å². The van der Waals surface area contributed by atoms with Crippen molar-refractivity contribution in [3.63, 3.8) is 0 Å². The number of hydrogen-bond acceptors (Lipinski definition) is 7. The molecule has 0 radical (unpaired) electrons. The molecule has 1 heterocycles. The Bertz CT molecular complexity index is 1360. The molecular formula is C24H16N2O6. The molecule has 0 unspecified atom stereocenters. The van der Waals surface area contributed by atoms with Gasteiger partial charge >= 0.3 is 0 Å². The third-order valence-electron chi connectivity index (χ3n) is 5.50. The number of aromatic hydroxyl groups is 2. The number of amides is 1. The number of nitrogens with two attached hydrogens (primary N) is 1. The zero-order valence-electron chi connectivity index (χ0n) is 16.5. The van der Waals surface area contributed by atoms with Gasteiger partial charge in [0.2, 0.25) is 23.2 Å². The molecule has 0 bridgehead atoms. The van der Waals surface area contributed by atoms with Crippen LogP contribution in [0.1, 0.15) is 36.6 Å². The van der Waals surface area contributed by atoms with E-state index in [4.69, 9.17) is 10.5 Å². The fourth-order valence-electron chi connectivity index (χ4n) is 3.94. The Balaban J connectivity index is 1.75. The van der Waals surface area contributed by atoms with Gasteiger partial charge in [0.25, 0.3) is 0 Å². The number of para-hydroxylation sites is 1. The minimum atomic E-state index is -0.724. The number of ether oxygens (including phenoxy) is 1. The average Bonchev–Trinajstić information content (AvgIpc) is 2.96. The number of carbonyl (C=O) groups is 3. The van der Waals surface area contributed by atoms with Gasteiger partial charge in [0, 0.05) is 16.8 Å². The molecule has 5 rings (SSSR count). The highest BCUT2D eigenvalue weighted by Gasteiger charge is 2.42. The summed E-state index contributed by atoms with van der Waals surface area (Å²) in [5, 5.41) is 20.6. The van der Waals surface area contributed by atoms with E-state index in [0.29, 0.717) is 17.0 Å². The molecule has 0 fully saturated rings. The van der Waals surface area contributed by atoms with Crippen LogP contribution in [0.15, 0.2) is 72.1 Å². The van der Waals surface area contributed by atoms with Gasteiger partial charge in [-0.2, -0.15) is 0 Å². The van der Waals surface area contributed by atoms with Crippen molar-refractivity contribution < 1.29 is 29.3 Å². The second kappa shape index (κ2) is 6.98. The summed E-state index contributed by atoms with van der Waals surface area (Å²) < 4.78 is 5.91. The first-order valence-corrected chi connectivity index (χ1v) is 9.68. The molecule has 0 saturated carbocycles. The molecule has 1 aliphatic heterocycles. The van der Waals surface area contributed by atoms with E-state index < -0.39 is 29.0 Å². The van der Waals surface area contributed by atoms with E-state index >= 15 is 0 Å². The maximum Gasteiger partial charge on any atom is 0.248 e. The van der Waals surface area contributed by atoms with Gasteiger partial charge in [-0.05, 0) is 42.5 Å². The normalized spacial score (nSPS) is 14.8. The summed E-state index contributed by atoms with van der Waals surface area (Å²) in [4.78, 5) is 40.0. The van der Waals surface area contributed by atoms with Crippen molar-refractivity contribution in [2.45, 2.75) is 6.54 Å². The lowest BCUT2D eigenvalue weighted by molar-refractivity contribution is 0.0931. The van der Waals surface area contributed by atoms with Gasteiger partial charge in [-0.15, -0.1) is 0 Å². The quantitative estimate of drug-likeness (QED) is 0.535. The zero-order chi connectivity index (χ0) is 22.6. The van der Waals surface area contributed by atoms with Crippen LogP contribution in [0.5, 0.6) is 17.2 Å². The topological polar surface area (TPSA) is 130 Å². The van der Waals surface area contributed by atoms with Gasteiger partial charge < -0.3 is 25.6 Å². The van der Waals surface area contributed by atoms with Gasteiger partial charge in [-0.1, -0.05) is 18.2 Å². The van der Waals surface area contributed by atoms with Crippen molar-refractivity contribution in [2.24, 2.45) is 5.73 Å². The molecule has 8 nitrogen and oxygen atoms in total. The standard InChI is InChI=1S/C24H16N2O6/c25-24(31)12-5-7-14(8-6-12)26-11-13-3-1-2-4-17(13)32-23-20(26)21(29)18-15(27)9-10-16(28)19(18)22(23)30/h1-10,27-28H,11H2,(H2,25,31). The second-order valence-corrected chi connectivity index (χ2v) is 7.40. The van der Waals surface area contributed by atoms with Crippen LogP contribution in [0, 0.1) is 0 Å². The van der Waals surface area contributed by atoms with Crippen LogP contribution in [-0.2, 0) is 6.54 Å². The number of nitrogens with zero attached hydrogens (tertiary/aromatic N) is 1. The smallest absolute Gasteiger partial charge is 0.248 e. The van der Waals surface area contributed by atoms with Gasteiger partial charge in [-0.25, -0.2) is 0 Å². The number of fused-ring (bicyclic) bond motifs is 2. The number of Topliss-reactive ketones (excluding diaryl/α,β-unsaturated/α-hetero) is 2. The molecule has 0 aromatic heterocycles. The molecular weight excluding hydrogens is 412 g/mol. The molecule has 8 heteroatoms. The number of hydrogen-bond donors (Lipinski definition) is 3. The van der Waals surface area contributed by atoms with Crippen LogP contribution >= 0.6 is 0 Å². The molecule has 1 amide bonds. The highest BCUT2D eigenvalue weighted by molar-refractivity contribution is 6.29. The number of phenols is 2. The van der Waals surface area contributed by atoms with Crippen molar-refractivity contribution >= 4 is 23.2 Å². The lowest BCUT2D eigenvalue weighted by Crippen LogP contribution is -2.34. The summed E-state index contributed by atoms with van der Waals surface area (Å²) in [7, 11) is 0. The summed E-state index contributed by atoms with van der Waals surface area (Å²) >= 11 is 0. The van der Waals surface area contributed by atoms with Crippen molar-refractivity contribution in [2.75, 3.05) is 4.90 Å². The predicted octanol–water partition coefficient (Wildman–Crippen LogP) is 2.89. The number of allylic oxidation sites excluding steroid dienone is 2. The van der Waals surface area contributed by atoms with E-state index in [-0.39, 0.29) is 34.7 Å². The molecule has 32 heavy (non-hydrogen) atoms. The summed E-state index contributed by atoms with van der Waals surface area (Å²) in [6.45, 7) is 0.179. The summed E-state index contributed by atoms with van der Waals surface area (Å²) in [6.07, 6.45) is 0. The van der Waals surface area contributed by atoms with Crippen LogP contribution < -0.4 is 15.4 Å². The van der Waals surface area contributed by atoms with Gasteiger partial charge in [-0.3, -0.25) is 14.4 Å². The maximum absolute atomic E-state index is 13.6. The Morgan fingerprint density at radius 1 is 0.875 bits per heavy atom. The zero-order valence-corrected chi connectivity index (χ0v) is 16.5. The van der Waals surface area contributed by atoms with Gasteiger partial charge in [0.05, 0.1) is 17.7 Å². The average molecular weight is 428 g/mol. The fraction of sp³-hybridized carbons (Fsp3) is 0.0417. The number of benzene rings is 3. The lowest BCUT2D eigenvalue weighted by Gasteiger charge is -2.29. The Labute approximate surface area is 181 Å². The molecule has 158 valence electrons. The monoisotopic (exact) mass is 428 g/mol. The van der Waals surface area contributed by atoms with Crippen LogP contribution in [0.25, 0.3) is 0 Å².